The quantitative estimate of drug-likeness (QED) is 0.307. The van der Waals surface area contributed by atoms with Crippen LogP contribution in [0.4, 0.5) is 0 Å². The molecule has 0 unspecified atom stereocenters. The first-order valence-electron chi connectivity index (χ1n) is 12.0. The Labute approximate surface area is 233 Å². The summed E-state index contributed by atoms with van der Waals surface area (Å²) in [6.45, 7) is 12.6. The fourth-order valence-electron chi connectivity index (χ4n) is 0.866. The van der Waals surface area contributed by atoms with Crippen molar-refractivity contribution in [2.75, 3.05) is 39.6 Å². The molecule has 0 aromatic carbocycles. The van der Waals surface area contributed by atoms with E-state index in [0.717, 1.165) is 77.0 Å². The van der Waals surface area contributed by atoms with Gasteiger partial charge in [0.25, 0.3) is 0 Å². The zero-order valence-electron chi connectivity index (χ0n) is 22.4. The summed E-state index contributed by atoms with van der Waals surface area (Å²) in [6.07, 6.45) is 11.2. The van der Waals surface area contributed by atoms with Gasteiger partial charge in [0.1, 0.15) is 0 Å². The summed E-state index contributed by atoms with van der Waals surface area (Å²) in [5.41, 5.74) is 0. The molecule has 0 saturated heterocycles. The van der Waals surface area contributed by atoms with E-state index in [4.69, 9.17) is 0 Å². The topological polar surface area (TPSA) is 138 Å². The zero-order valence-corrected chi connectivity index (χ0v) is 27.8. The van der Waals surface area contributed by atoms with Gasteiger partial charge >= 0.3 is 45.7 Å². The molecule has 0 bridgehead atoms. The second-order valence-corrected chi connectivity index (χ2v) is 6.35. The summed E-state index contributed by atoms with van der Waals surface area (Å²) in [5, 5.41) is 57.2. The van der Waals surface area contributed by atoms with Crippen LogP contribution >= 0.6 is 0 Å². The van der Waals surface area contributed by atoms with E-state index in [2.05, 4.69) is 0 Å². The van der Waals surface area contributed by atoms with Gasteiger partial charge in [-0.25, -0.2) is 0 Å². The van der Waals surface area contributed by atoms with Gasteiger partial charge in [-0.2, -0.15) is 0 Å². The van der Waals surface area contributed by atoms with Crippen molar-refractivity contribution in [3.8, 4) is 0 Å². The molecule has 0 aliphatic carbocycles. The Hall–Kier alpha value is 1.27. The van der Waals surface area contributed by atoms with Gasteiger partial charge in [-0.15, -0.1) is 39.6 Å². The first kappa shape index (κ1) is 54.3. The fourth-order valence-corrected chi connectivity index (χ4v) is 0.866. The van der Waals surface area contributed by atoms with E-state index >= 15 is 0 Å². The van der Waals surface area contributed by atoms with Crippen LogP contribution in [0.1, 0.15) is 119 Å². The maximum atomic E-state index is 9.53. The van der Waals surface area contributed by atoms with Crippen LogP contribution in [0.5, 0.6) is 0 Å². The molecule has 6 nitrogen and oxygen atoms in total. The number of hydrogen-bond acceptors (Lipinski definition) is 6. The molecule has 0 aromatic rings. The molecule has 0 aliphatic rings. The van der Waals surface area contributed by atoms with Crippen LogP contribution < -0.4 is 30.6 Å². The summed E-state index contributed by atoms with van der Waals surface area (Å²) < 4.78 is 0. The molecule has 0 aromatic heterocycles. The van der Waals surface area contributed by atoms with Crippen LogP contribution in [0, 0.1) is 0 Å². The molecule has 32 heavy (non-hydrogen) atoms. The van der Waals surface area contributed by atoms with E-state index in [1.165, 1.54) is 0 Å². The van der Waals surface area contributed by atoms with Crippen molar-refractivity contribution in [3.05, 3.63) is 0 Å². The van der Waals surface area contributed by atoms with Crippen molar-refractivity contribution in [1.82, 2.24) is 0 Å². The molecule has 0 spiro atoms. The minimum atomic E-state index is 0. The van der Waals surface area contributed by atoms with Crippen molar-refractivity contribution >= 4 is 0 Å². The second-order valence-electron chi connectivity index (χ2n) is 6.35. The van der Waals surface area contributed by atoms with Gasteiger partial charge in [0.15, 0.2) is 0 Å². The van der Waals surface area contributed by atoms with Crippen LogP contribution in [0.15, 0.2) is 0 Å². The number of rotatable bonds is 12. The zero-order chi connectivity index (χ0) is 24.7. The third-order valence-electron chi connectivity index (χ3n) is 2.99. The fraction of sp³-hybridized carbons (Fsp3) is 1.00. The van der Waals surface area contributed by atoms with Crippen LogP contribution in [0.25, 0.3) is 0 Å². The van der Waals surface area contributed by atoms with Gasteiger partial charge in [0, 0.05) is 0 Å². The van der Waals surface area contributed by atoms with Crippen LogP contribution in [0.3, 0.4) is 0 Å². The van der Waals surface area contributed by atoms with Crippen LogP contribution in [-0.2, 0) is 45.7 Å². The summed E-state index contributed by atoms with van der Waals surface area (Å²) in [7, 11) is 0. The molecule has 192 valence electrons. The molecule has 0 aliphatic heterocycles. The first-order chi connectivity index (χ1) is 14.5. The standard InChI is InChI=1S/6C4H9O.Zn.Zr/c6*1-2-3-4-5;;/h6*2-4H2,1H3;;/q6*-1;+2;+4. The molecule has 8 heteroatoms. The smallest absolute Gasteiger partial charge is 0.854 e. The normalized spacial score (nSPS) is 7.88. The second kappa shape index (κ2) is 85.0. The van der Waals surface area contributed by atoms with Gasteiger partial charge in [0.05, 0.1) is 0 Å². The van der Waals surface area contributed by atoms with Gasteiger partial charge < -0.3 is 30.6 Å². The average molecular weight is 595 g/mol. The van der Waals surface area contributed by atoms with E-state index in [9.17, 15) is 30.6 Å². The third kappa shape index (κ3) is 163. The maximum Gasteiger partial charge on any atom is 4.00 e. The van der Waals surface area contributed by atoms with Gasteiger partial charge in [-0.3, -0.25) is 0 Å². The molecular formula is C24H54O6ZnZr. The molecule has 0 atom stereocenters. The predicted molar refractivity (Wildman–Crippen MR) is 119 cm³/mol. The number of unbranched alkanes of at least 4 members (excludes halogenated alkanes) is 6. The first-order valence-corrected chi connectivity index (χ1v) is 12.0. The van der Waals surface area contributed by atoms with Crippen molar-refractivity contribution in [2.24, 2.45) is 0 Å². The molecule has 0 rings (SSSR count). The Balaban J connectivity index is -0.0000000356. The van der Waals surface area contributed by atoms with E-state index in [1.807, 2.05) is 41.5 Å². The summed E-state index contributed by atoms with van der Waals surface area (Å²) in [6, 6.07) is 0. The Morgan fingerprint density at radius 2 is 0.406 bits per heavy atom. The van der Waals surface area contributed by atoms with E-state index in [-0.39, 0.29) is 85.3 Å². The average Bonchev–Trinajstić information content (AvgIpc) is 2.74. The maximum absolute atomic E-state index is 9.53. The summed E-state index contributed by atoms with van der Waals surface area (Å²) >= 11 is 0. The molecule has 0 N–H and O–H groups in total. The molecule has 0 fully saturated rings. The Bertz CT molecular complexity index is 126. The minimum Gasteiger partial charge on any atom is -0.854 e. The van der Waals surface area contributed by atoms with E-state index in [0.29, 0.717) is 0 Å². The SMILES string of the molecule is CCCC[O-].CCCC[O-].CCCC[O-].CCCC[O-].CCCC[O-].CCCC[O-].[Zn+2].[Zr+4]. The Morgan fingerprint density at radius 1 is 0.312 bits per heavy atom. The van der Waals surface area contributed by atoms with Crippen LogP contribution in [-0.4, -0.2) is 39.6 Å². The van der Waals surface area contributed by atoms with E-state index in [1.54, 1.807) is 0 Å². The van der Waals surface area contributed by atoms with Crippen molar-refractivity contribution in [3.63, 3.8) is 0 Å². The van der Waals surface area contributed by atoms with Gasteiger partial charge in [0.2, 0.25) is 0 Å². The summed E-state index contributed by atoms with van der Waals surface area (Å²) in [5.74, 6) is 0. The van der Waals surface area contributed by atoms with Crippen molar-refractivity contribution in [1.29, 1.82) is 0 Å². The minimum absolute atomic E-state index is 0. The largest absolute Gasteiger partial charge is 4.00 e. The van der Waals surface area contributed by atoms with E-state index < -0.39 is 0 Å². The summed E-state index contributed by atoms with van der Waals surface area (Å²) in [4.78, 5) is 0. The Morgan fingerprint density at radius 3 is 0.406 bits per heavy atom. The third-order valence-corrected chi connectivity index (χ3v) is 2.99. The molecular weight excluding hydrogens is 541 g/mol. The number of hydrogen-bond donors (Lipinski definition) is 0. The molecule has 0 saturated carbocycles. The predicted octanol–water partition coefficient (Wildman–Crippen LogP) is 0.876. The monoisotopic (exact) mass is 592 g/mol. The van der Waals surface area contributed by atoms with Crippen molar-refractivity contribution < 1.29 is 76.3 Å². The van der Waals surface area contributed by atoms with Crippen LogP contribution in [0.2, 0.25) is 0 Å². The molecule has 0 heterocycles. The Kier molecular flexibility index (Phi) is 144. The molecule has 0 radical (unpaired) electrons. The van der Waals surface area contributed by atoms with Gasteiger partial charge in [-0.1, -0.05) is 119 Å². The van der Waals surface area contributed by atoms with Crippen molar-refractivity contribution in [2.45, 2.75) is 119 Å². The van der Waals surface area contributed by atoms with Gasteiger partial charge in [-0.05, 0) is 0 Å². The molecule has 0 amide bonds.